The number of likely N-dealkylation sites (N-methyl/N-ethyl adjacent to an activating group) is 1. The minimum Gasteiger partial charge on any atom is -0.451 e. The minimum absolute atomic E-state index is 0.00979. The average molecular weight is 636 g/mol. The molecule has 2 aliphatic heterocycles. The van der Waals surface area contributed by atoms with Crippen LogP contribution in [0.4, 0.5) is 4.39 Å². The van der Waals surface area contributed by atoms with Gasteiger partial charge in [0.25, 0.3) is 11.8 Å². The van der Waals surface area contributed by atoms with E-state index < -0.39 is 35.8 Å². The van der Waals surface area contributed by atoms with Gasteiger partial charge in [0.15, 0.2) is 0 Å². The third-order valence-corrected chi connectivity index (χ3v) is 9.27. The molecule has 0 bridgehead atoms. The standard InChI is InChI=1S/C35H46FN5O5/c1-23(2)21-26(37-31(42)25-13-8-9-15-29(25)46-30(36)32(43)38-35(3)16-17-35)33(44)41-18-10-14-27(41)34(45)40-20-19-39(4)28(22-40)24-11-6-5-7-12-24/h5-9,11-13,15,23,26-28,30H,10,14,16-22H2,1-4H3,(H,37,42)(H,38,43)/t26-,27-,28-,30?/m1/s1. The van der Waals surface area contributed by atoms with Crippen LogP contribution in [0, 0.1) is 5.92 Å². The molecule has 2 aromatic rings. The van der Waals surface area contributed by atoms with E-state index in [1.54, 1.807) is 17.0 Å². The molecular formula is C35H46FN5O5. The second-order valence-corrected chi connectivity index (χ2v) is 13.5. The zero-order valence-electron chi connectivity index (χ0n) is 27.2. The monoisotopic (exact) mass is 635 g/mol. The quantitative estimate of drug-likeness (QED) is 0.390. The maximum atomic E-state index is 14.8. The van der Waals surface area contributed by atoms with Gasteiger partial charge >= 0.3 is 6.36 Å². The van der Waals surface area contributed by atoms with Crippen molar-refractivity contribution in [2.24, 2.45) is 5.92 Å². The lowest BCUT2D eigenvalue weighted by atomic mass is 10.0. The molecule has 4 amide bonds. The average Bonchev–Trinajstić information content (AvgIpc) is 3.55. The topological polar surface area (TPSA) is 111 Å². The number of likely N-dealkylation sites (tertiary alicyclic amines) is 1. The molecule has 10 nitrogen and oxygen atoms in total. The number of benzene rings is 2. The lowest BCUT2D eigenvalue weighted by molar-refractivity contribution is -0.146. The first-order valence-electron chi connectivity index (χ1n) is 16.3. The molecule has 1 aliphatic carbocycles. The van der Waals surface area contributed by atoms with E-state index in [9.17, 15) is 23.6 Å². The maximum Gasteiger partial charge on any atom is 0.316 e. The highest BCUT2D eigenvalue weighted by Gasteiger charge is 2.42. The number of piperazine rings is 1. The van der Waals surface area contributed by atoms with Crippen LogP contribution in [0.25, 0.3) is 0 Å². The van der Waals surface area contributed by atoms with Crippen LogP contribution in [-0.4, -0.2) is 95.5 Å². The van der Waals surface area contributed by atoms with Crippen LogP contribution < -0.4 is 15.4 Å². The van der Waals surface area contributed by atoms with Crippen molar-refractivity contribution < 1.29 is 28.3 Å². The minimum atomic E-state index is -2.30. The molecule has 1 saturated carbocycles. The molecule has 2 saturated heterocycles. The number of carbonyl (C=O) groups is 4. The Morgan fingerprint density at radius 3 is 2.39 bits per heavy atom. The number of hydrogen-bond acceptors (Lipinski definition) is 6. The van der Waals surface area contributed by atoms with Gasteiger partial charge in [-0.3, -0.25) is 24.1 Å². The van der Waals surface area contributed by atoms with Crippen LogP contribution in [-0.2, 0) is 14.4 Å². The zero-order chi connectivity index (χ0) is 33.0. The lowest BCUT2D eigenvalue weighted by Gasteiger charge is -2.41. The van der Waals surface area contributed by atoms with Gasteiger partial charge in [0.2, 0.25) is 11.8 Å². The fraction of sp³-hybridized carbons (Fsp3) is 0.543. The van der Waals surface area contributed by atoms with Gasteiger partial charge in [0.05, 0.1) is 11.6 Å². The summed E-state index contributed by atoms with van der Waals surface area (Å²) >= 11 is 0. The van der Waals surface area contributed by atoms with Crippen molar-refractivity contribution >= 4 is 23.6 Å². The highest BCUT2D eigenvalue weighted by molar-refractivity contribution is 6.00. The first-order chi connectivity index (χ1) is 22.0. The number of amides is 4. The Kier molecular flexibility index (Phi) is 10.3. The fourth-order valence-corrected chi connectivity index (χ4v) is 6.32. The number of para-hydroxylation sites is 1. The smallest absolute Gasteiger partial charge is 0.316 e. The SMILES string of the molecule is CC(C)C[C@@H](NC(=O)c1ccccc1OC(F)C(=O)NC1(C)CC1)C(=O)N1CCC[C@@H]1C(=O)N1CCN(C)[C@@H](c2ccccc2)C1. The Morgan fingerprint density at radius 1 is 1.00 bits per heavy atom. The molecule has 3 aliphatic rings. The van der Waals surface area contributed by atoms with E-state index >= 15 is 0 Å². The second-order valence-electron chi connectivity index (χ2n) is 13.5. The van der Waals surface area contributed by atoms with E-state index in [2.05, 4.69) is 34.7 Å². The number of alkyl halides is 1. The Bertz CT molecular complexity index is 1420. The molecule has 11 heteroatoms. The van der Waals surface area contributed by atoms with Crippen LogP contribution in [0.5, 0.6) is 5.75 Å². The first kappa shape index (κ1) is 33.4. The molecule has 0 spiro atoms. The molecule has 46 heavy (non-hydrogen) atoms. The largest absolute Gasteiger partial charge is 0.451 e. The summed E-state index contributed by atoms with van der Waals surface area (Å²) in [5, 5.41) is 5.47. The van der Waals surface area contributed by atoms with Gasteiger partial charge in [-0.05, 0) is 69.7 Å². The summed E-state index contributed by atoms with van der Waals surface area (Å²) in [5.74, 6) is -1.95. The van der Waals surface area contributed by atoms with Gasteiger partial charge < -0.3 is 25.2 Å². The molecule has 2 heterocycles. The van der Waals surface area contributed by atoms with Crippen LogP contribution in [0.15, 0.2) is 54.6 Å². The Hall–Kier alpha value is -3.99. The molecule has 1 unspecified atom stereocenters. The van der Waals surface area contributed by atoms with Crippen LogP contribution in [0.3, 0.4) is 0 Å². The van der Waals surface area contributed by atoms with Crippen molar-refractivity contribution in [3.63, 3.8) is 0 Å². The van der Waals surface area contributed by atoms with Crippen molar-refractivity contribution in [2.45, 2.75) is 82.9 Å². The van der Waals surface area contributed by atoms with Gasteiger partial charge in [-0.1, -0.05) is 56.3 Å². The van der Waals surface area contributed by atoms with E-state index in [0.29, 0.717) is 38.9 Å². The number of nitrogens with zero attached hydrogens (tertiary/aromatic N) is 3. The predicted octanol–water partition coefficient (Wildman–Crippen LogP) is 3.68. The Morgan fingerprint density at radius 2 is 1.70 bits per heavy atom. The number of rotatable bonds is 11. The third kappa shape index (κ3) is 7.86. The van der Waals surface area contributed by atoms with Crippen LogP contribution >= 0.6 is 0 Å². The van der Waals surface area contributed by atoms with E-state index in [-0.39, 0.29) is 35.1 Å². The molecule has 5 rings (SSSR count). The Balaban J connectivity index is 1.27. The van der Waals surface area contributed by atoms with Gasteiger partial charge in [0, 0.05) is 31.7 Å². The summed E-state index contributed by atoms with van der Waals surface area (Å²) in [5.41, 5.74) is 0.729. The molecule has 2 aromatic carbocycles. The molecule has 2 N–H and O–H groups in total. The van der Waals surface area contributed by atoms with Gasteiger partial charge in [0.1, 0.15) is 17.8 Å². The number of hydrogen-bond donors (Lipinski definition) is 2. The number of ether oxygens (including phenoxy) is 1. The van der Waals surface area contributed by atoms with Crippen LogP contribution in [0.1, 0.15) is 74.8 Å². The summed E-state index contributed by atoms with van der Waals surface area (Å²) in [4.78, 5) is 59.6. The number of nitrogens with one attached hydrogen (secondary N) is 2. The van der Waals surface area contributed by atoms with Gasteiger partial charge in [-0.15, -0.1) is 0 Å². The van der Waals surface area contributed by atoms with Crippen molar-refractivity contribution in [3.8, 4) is 5.75 Å². The molecular weight excluding hydrogens is 589 g/mol. The van der Waals surface area contributed by atoms with Crippen molar-refractivity contribution in [1.29, 1.82) is 0 Å². The summed E-state index contributed by atoms with van der Waals surface area (Å²) in [7, 11) is 2.06. The zero-order valence-corrected chi connectivity index (χ0v) is 27.2. The molecule has 0 radical (unpaired) electrons. The first-order valence-corrected chi connectivity index (χ1v) is 16.3. The fourth-order valence-electron chi connectivity index (χ4n) is 6.32. The summed E-state index contributed by atoms with van der Waals surface area (Å²) in [6.07, 6.45) is 0.835. The summed E-state index contributed by atoms with van der Waals surface area (Å²) < 4.78 is 20.1. The van der Waals surface area contributed by atoms with Gasteiger partial charge in [-0.2, -0.15) is 4.39 Å². The normalized spacial score (nSPS) is 22.2. The Labute approximate surface area is 270 Å². The van der Waals surface area contributed by atoms with Crippen LogP contribution in [0.2, 0.25) is 0 Å². The highest BCUT2D eigenvalue weighted by Crippen LogP contribution is 2.34. The molecule has 248 valence electrons. The van der Waals surface area contributed by atoms with Crippen molar-refractivity contribution in [3.05, 3.63) is 65.7 Å². The summed E-state index contributed by atoms with van der Waals surface area (Å²) in [6, 6.07) is 14.7. The molecule has 0 aromatic heterocycles. The second kappa shape index (κ2) is 14.2. The predicted molar refractivity (Wildman–Crippen MR) is 172 cm³/mol. The van der Waals surface area contributed by atoms with Gasteiger partial charge in [-0.25, -0.2) is 0 Å². The molecule has 4 atom stereocenters. The molecule has 3 fully saturated rings. The van der Waals surface area contributed by atoms with E-state index in [4.69, 9.17) is 4.74 Å². The number of carbonyl (C=O) groups excluding carboxylic acids is 4. The van der Waals surface area contributed by atoms with E-state index in [0.717, 1.165) is 24.9 Å². The third-order valence-electron chi connectivity index (χ3n) is 9.27. The highest BCUT2D eigenvalue weighted by atomic mass is 19.1. The van der Waals surface area contributed by atoms with Crippen molar-refractivity contribution in [2.75, 3.05) is 33.2 Å². The van der Waals surface area contributed by atoms with E-state index in [1.165, 1.54) is 12.1 Å². The summed E-state index contributed by atoms with van der Waals surface area (Å²) in [6.45, 7) is 8.00. The lowest BCUT2D eigenvalue weighted by Crippen LogP contribution is -2.57. The number of halogens is 1. The van der Waals surface area contributed by atoms with Crippen molar-refractivity contribution in [1.82, 2.24) is 25.3 Å². The van der Waals surface area contributed by atoms with E-state index in [1.807, 2.05) is 43.9 Å². The maximum absolute atomic E-state index is 14.8.